The Morgan fingerprint density at radius 2 is 2.10 bits per heavy atom. The molecule has 0 radical (unpaired) electrons. The zero-order valence-electron chi connectivity index (χ0n) is 12.6. The molecule has 1 aromatic heterocycles. The first-order valence-corrected chi connectivity index (χ1v) is 7.16. The van der Waals surface area contributed by atoms with E-state index < -0.39 is 0 Å². The van der Waals surface area contributed by atoms with E-state index in [1.165, 1.54) is 0 Å². The lowest BCUT2D eigenvalue weighted by Gasteiger charge is -2.27. The molecule has 0 atom stereocenters. The zero-order valence-corrected chi connectivity index (χ0v) is 12.6. The normalized spacial score (nSPS) is 11.2. The van der Waals surface area contributed by atoms with Gasteiger partial charge in [-0.05, 0) is 12.8 Å². The minimum Gasteiger partial charge on any atom is -0.407 e. The highest BCUT2D eigenvalue weighted by Gasteiger charge is 2.20. The third-order valence-corrected chi connectivity index (χ3v) is 3.19. The number of hydrogen-bond donors (Lipinski definition) is 2. The average Bonchev–Trinajstić information content (AvgIpc) is 2.92. The third-order valence-electron chi connectivity index (χ3n) is 3.19. The van der Waals surface area contributed by atoms with E-state index in [4.69, 9.17) is 9.15 Å². The molecule has 0 unspecified atom stereocenters. The van der Waals surface area contributed by atoms with Crippen molar-refractivity contribution >= 4 is 6.01 Å². The number of nitrogens with one attached hydrogen (secondary N) is 1. The van der Waals surface area contributed by atoms with Gasteiger partial charge in [0.25, 0.3) is 0 Å². The van der Waals surface area contributed by atoms with Gasteiger partial charge < -0.3 is 24.5 Å². The molecule has 1 heterocycles. The molecule has 0 aromatic carbocycles. The summed E-state index contributed by atoms with van der Waals surface area (Å²) in [5.41, 5.74) is 0. The second-order valence-corrected chi connectivity index (χ2v) is 4.54. The van der Waals surface area contributed by atoms with Crippen molar-refractivity contribution in [2.45, 2.75) is 39.3 Å². The first-order valence-electron chi connectivity index (χ1n) is 7.16. The molecule has 2 N–H and O–H groups in total. The molecule has 20 heavy (non-hydrogen) atoms. The maximum absolute atomic E-state index is 9.19. The average molecular weight is 286 g/mol. The smallest absolute Gasteiger partial charge is 0.318 e. The monoisotopic (exact) mass is 286 g/mol. The van der Waals surface area contributed by atoms with E-state index in [-0.39, 0.29) is 6.61 Å². The molecule has 0 fully saturated rings. The molecule has 1 aromatic rings. The largest absolute Gasteiger partial charge is 0.407 e. The number of aliphatic hydroxyl groups is 1. The van der Waals surface area contributed by atoms with E-state index in [9.17, 15) is 5.11 Å². The third kappa shape index (κ3) is 5.07. The summed E-state index contributed by atoms with van der Waals surface area (Å²) in [4.78, 5) is 1.98. The molecule has 0 saturated heterocycles. The molecule has 0 aliphatic rings. The van der Waals surface area contributed by atoms with Gasteiger partial charge in [0.2, 0.25) is 5.89 Å². The van der Waals surface area contributed by atoms with Gasteiger partial charge in [0.05, 0.1) is 19.8 Å². The molecule has 7 nitrogen and oxygen atoms in total. The minimum atomic E-state index is 0.0697. The van der Waals surface area contributed by atoms with Crippen molar-refractivity contribution in [3.63, 3.8) is 0 Å². The number of methoxy groups -OCH3 is 1. The zero-order chi connectivity index (χ0) is 14.8. The van der Waals surface area contributed by atoms with Crippen molar-refractivity contribution in [2.75, 3.05) is 38.3 Å². The van der Waals surface area contributed by atoms with Gasteiger partial charge in [0.1, 0.15) is 0 Å². The maximum atomic E-state index is 9.19. The highest BCUT2D eigenvalue weighted by Crippen LogP contribution is 2.18. The first kappa shape index (κ1) is 16.9. The number of anilines is 1. The standard InChI is InChI=1S/C13H26N4O3/c1-4-11(5-2)17(7-8-18)13-16-15-12(20-13)10-14-6-9-19-3/h11,14,18H,4-10H2,1-3H3. The predicted octanol–water partition coefficient (Wildman–Crippen LogP) is 0.793. The molecule has 0 bridgehead atoms. The van der Waals surface area contributed by atoms with Gasteiger partial charge in [-0.1, -0.05) is 18.9 Å². The summed E-state index contributed by atoms with van der Waals surface area (Å²) in [7, 11) is 1.66. The number of nitrogens with zero attached hydrogens (tertiary/aromatic N) is 3. The molecule has 0 saturated carbocycles. The maximum Gasteiger partial charge on any atom is 0.318 e. The van der Waals surface area contributed by atoms with Crippen LogP contribution in [0.4, 0.5) is 6.01 Å². The SMILES string of the molecule is CCC(CC)N(CCO)c1nnc(CNCCOC)o1. The van der Waals surface area contributed by atoms with E-state index in [2.05, 4.69) is 29.4 Å². The van der Waals surface area contributed by atoms with Crippen molar-refractivity contribution in [3.8, 4) is 0 Å². The lowest BCUT2D eigenvalue weighted by atomic mass is 10.1. The van der Waals surface area contributed by atoms with E-state index >= 15 is 0 Å². The van der Waals surface area contributed by atoms with Crippen LogP contribution in [0.1, 0.15) is 32.6 Å². The van der Waals surface area contributed by atoms with Gasteiger partial charge in [0, 0.05) is 26.2 Å². The molecule has 0 amide bonds. The molecule has 0 aliphatic heterocycles. The molecule has 1 rings (SSSR count). The number of ether oxygens (including phenoxy) is 1. The van der Waals surface area contributed by atoms with Crippen LogP contribution in [0.15, 0.2) is 4.42 Å². The van der Waals surface area contributed by atoms with Crippen LogP contribution in [0.3, 0.4) is 0 Å². The van der Waals surface area contributed by atoms with Crippen LogP contribution in [0, 0.1) is 0 Å². The summed E-state index contributed by atoms with van der Waals surface area (Å²) >= 11 is 0. The Kier molecular flexibility index (Phi) is 8.17. The van der Waals surface area contributed by atoms with E-state index in [0.717, 1.165) is 19.4 Å². The van der Waals surface area contributed by atoms with Gasteiger partial charge in [0.15, 0.2) is 0 Å². The van der Waals surface area contributed by atoms with Gasteiger partial charge in [-0.2, -0.15) is 0 Å². The summed E-state index contributed by atoms with van der Waals surface area (Å²) in [6, 6.07) is 0.785. The Morgan fingerprint density at radius 1 is 1.35 bits per heavy atom. The van der Waals surface area contributed by atoms with Crippen LogP contribution in [-0.4, -0.2) is 54.8 Å². The molecule has 0 aliphatic carbocycles. The Hall–Kier alpha value is -1.18. The molecule has 0 spiro atoms. The minimum absolute atomic E-state index is 0.0697. The van der Waals surface area contributed by atoms with Crippen molar-refractivity contribution in [3.05, 3.63) is 5.89 Å². The Bertz CT molecular complexity index is 355. The summed E-state index contributed by atoms with van der Waals surface area (Å²) in [5, 5.41) is 20.4. The summed E-state index contributed by atoms with van der Waals surface area (Å²) in [6.45, 7) is 6.70. The van der Waals surface area contributed by atoms with E-state index in [0.29, 0.717) is 37.6 Å². The molecule has 7 heteroatoms. The number of hydrogen-bond acceptors (Lipinski definition) is 7. The van der Waals surface area contributed by atoms with Crippen LogP contribution in [0.2, 0.25) is 0 Å². The highest BCUT2D eigenvalue weighted by atomic mass is 16.5. The Morgan fingerprint density at radius 3 is 2.70 bits per heavy atom. The van der Waals surface area contributed by atoms with Crippen molar-refractivity contribution < 1.29 is 14.3 Å². The molecular weight excluding hydrogens is 260 g/mol. The van der Waals surface area contributed by atoms with Crippen LogP contribution < -0.4 is 10.2 Å². The van der Waals surface area contributed by atoms with Crippen LogP contribution in [-0.2, 0) is 11.3 Å². The van der Waals surface area contributed by atoms with Gasteiger partial charge in [-0.25, -0.2) is 0 Å². The van der Waals surface area contributed by atoms with Gasteiger partial charge in [-0.3, -0.25) is 0 Å². The molecule has 116 valence electrons. The van der Waals surface area contributed by atoms with Crippen molar-refractivity contribution in [1.29, 1.82) is 0 Å². The Labute approximate surface area is 120 Å². The number of aromatic nitrogens is 2. The summed E-state index contributed by atoms with van der Waals surface area (Å²) in [5.74, 6) is 0.546. The predicted molar refractivity (Wildman–Crippen MR) is 76.7 cm³/mol. The van der Waals surface area contributed by atoms with Gasteiger partial charge in [-0.15, -0.1) is 5.10 Å². The fourth-order valence-corrected chi connectivity index (χ4v) is 2.07. The second-order valence-electron chi connectivity index (χ2n) is 4.54. The van der Waals surface area contributed by atoms with Crippen molar-refractivity contribution in [1.82, 2.24) is 15.5 Å². The van der Waals surface area contributed by atoms with Crippen molar-refractivity contribution in [2.24, 2.45) is 0 Å². The second kappa shape index (κ2) is 9.68. The topological polar surface area (TPSA) is 83.7 Å². The first-order chi connectivity index (χ1) is 9.76. The fourth-order valence-electron chi connectivity index (χ4n) is 2.07. The van der Waals surface area contributed by atoms with E-state index in [1.54, 1.807) is 7.11 Å². The van der Waals surface area contributed by atoms with Crippen LogP contribution >= 0.6 is 0 Å². The van der Waals surface area contributed by atoms with Crippen LogP contribution in [0.5, 0.6) is 0 Å². The van der Waals surface area contributed by atoms with Gasteiger partial charge >= 0.3 is 6.01 Å². The Balaban J connectivity index is 2.61. The summed E-state index contributed by atoms with van der Waals surface area (Å²) < 4.78 is 10.6. The number of rotatable bonds is 11. The quantitative estimate of drug-likeness (QED) is 0.582. The molecular formula is C13H26N4O3. The lowest BCUT2D eigenvalue weighted by molar-refractivity contribution is 0.198. The highest BCUT2D eigenvalue weighted by molar-refractivity contribution is 5.26. The van der Waals surface area contributed by atoms with Crippen LogP contribution in [0.25, 0.3) is 0 Å². The summed E-state index contributed by atoms with van der Waals surface area (Å²) in [6.07, 6.45) is 1.95. The van der Waals surface area contributed by atoms with E-state index in [1.807, 2.05) is 4.90 Å². The fraction of sp³-hybridized carbons (Fsp3) is 0.846. The number of aliphatic hydroxyl groups excluding tert-OH is 1. The lowest BCUT2D eigenvalue weighted by Crippen LogP contribution is -2.37.